The lowest BCUT2D eigenvalue weighted by atomic mass is 10.1. The number of nitrogens with zero attached hydrogens (tertiary/aromatic N) is 1. The van der Waals surface area contributed by atoms with E-state index in [2.05, 4.69) is 22.5 Å². The van der Waals surface area contributed by atoms with Gasteiger partial charge in [0.2, 0.25) is 5.91 Å². The van der Waals surface area contributed by atoms with Crippen molar-refractivity contribution in [3.63, 3.8) is 0 Å². The molecule has 1 amide bonds. The normalized spacial score (nSPS) is 21.5. The van der Waals surface area contributed by atoms with Crippen molar-refractivity contribution in [3.8, 4) is 0 Å². The summed E-state index contributed by atoms with van der Waals surface area (Å²) in [6.07, 6.45) is 2.59. The van der Waals surface area contributed by atoms with Crippen molar-refractivity contribution in [2.45, 2.75) is 25.8 Å². The minimum atomic E-state index is 0.190. The van der Waals surface area contributed by atoms with Gasteiger partial charge in [-0.15, -0.1) is 0 Å². The second kappa shape index (κ2) is 4.94. The molecule has 1 heterocycles. The van der Waals surface area contributed by atoms with Crippen LogP contribution >= 0.6 is 0 Å². The molecule has 2 N–H and O–H groups in total. The van der Waals surface area contributed by atoms with E-state index in [0.717, 1.165) is 32.1 Å². The summed E-state index contributed by atoms with van der Waals surface area (Å²) in [7, 11) is 0. The second-order valence-corrected chi connectivity index (χ2v) is 4.62. The summed E-state index contributed by atoms with van der Waals surface area (Å²) < 4.78 is 0. The van der Waals surface area contributed by atoms with E-state index in [0.29, 0.717) is 12.6 Å². The maximum Gasteiger partial charge on any atom is 0.234 e. The SMILES string of the molecule is CCN(CC(=O)NCC1CC1)C1CNC1. The van der Waals surface area contributed by atoms with Crippen LogP contribution in [0.25, 0.3) is 0 Å². The molecule has 4 heteroatoms. The molecule has 2 fully saturated rings. The summed E-state index contributed by atoms with van der Waals surface area (Å²) in [5, 5.41) is 6.25. The Morgan fingerprint density at radius 1 is 1.47 bits per heavy atom. The molecule has 1 saturated heterocycles. The zero-order valence-corrected chi connectivity index (χ0v) is 9.46. The molecule has 0 spiro atoms. The van der Waals surface area contributed by atoms with Crippen molar-refractivity contribution in [1.29, 1.82) is 0 Å². The minimum absolute atomic E-state index is 0.190. The predicted octanol–water partition coefficient (Wildman–Crippen LogP) is -0.194. The smallest absolute Gasteiger partial charge is 0.234 e. The molecule has 1 saturated carbocycles. The first-order valence-electron chi connectivity index (χ1n) is 6.01. The van der Waals surface area contributed by atoms with E-state index in [1.54, 1.807) is 0 Å². The number of hydrogen-bond donors (Lipinski definition) is 2. The van der Waals surface area contributed by atoms with E-state index in [9.17, 15) is 4.79 Å². The lowest BCUT2D eigenvalue weighted by Gasteiger charge is -2.37. The van der Waals surface area contributed by atoms with Gasteiger partial charge in [0.25, 0.3) is 0 Å². The molecule has 1 aliphatic carbocycles. The van der Waals surface area contributed by atoms with Gasteiger partial charge in [-0.3, -0.25) is 9.69 Å². The summed E-state index contributed by atoms with van der Waals surface area (Å²) in [5.41, 5.74) is 0. The Labute approximate surface area is 91.4 Å². The lowest BCUT2D eigenvalue weighted by molar-refractivity contribution is -0.123. The molecule has 2 aliphatic rings. The maximum absolute atomic E-state index is 11.6. The highest BCUT2D eigenvalue weighted by Gasteiger charge is 2.26. The molecule has 0 atom stereocenters. The Kier molecular flexibility index (Phi) is 3.59. The van der Waals surface area contributed by atoms with Crippen molar-refractivity contribution in [2.75, 3.05) is 32.7 Å². The van der Waals surface area contributed by atoms with Crippen LogP contribution in [-0.4, -0.2) is 49.6 Å². The summed E-state index contributed by atoms with van der Waals surface area (Å²) in [4.78, 5) is 13.9. The van der Waals surface area contributed by atoms with Crippen LogP contribution in [0, 0.1) is 5.92 Å². The van der Waals surface area contributed by atoms with Gasteiger partial charge in [0.15, 0.2) is 0 Å². The van der Waals surface area contributed by atoms with Crippen LogP contribution in [0.1, 0.15) is 19.8 Å². The molecular weight excluding hydrogens is 190 g/mol. The van der Waals surface area contributed by atoms with Gasteiger partial charge in [0.05, 0.1) is 6.54 Å². The van der Waals surface area contributed by atoms with Gasteiger partial charge in [-0.05, 0) is 25.3 Å². The standard InChI is InChI=1S/C11H21N3O/c1-2-14(10-6-12-7-10)8-11(15)13-5-9-3-4-9/h9-10,12H,2-8H2,1H3,(H,13,15). The maximum atomic E-state index is 11.6. The summed E-state index contributed by atoms with van der Waals surface area (Å²) >= 11 is 0. The van der Waals surface area contributed by atoms with Gasteiger partial charge in [0.1, 0.15) is 0 Å². The highest BCUT2D eigenvalue weighted by Crippen LogP contribution is 2.27. The van der Waals surface area contributed by atoms with Gasteiger partial charge in [-0.25, -0.2) is 0 Å². The molecule has 0 bridgehead atoms. The first-order chi connectivity index (χ1) is 7.29. The van der Waals surface area contributed by atoms with Gasteiger partial charge in [-0.2, -0.15) is 0 Å². The van der Waals surface area contributed by atoms with Crippen LogP contribution in [0.2, 0.25) is 0 Å². The Balaban J connectivity index is 1.65. The Bertz CT molecular complexity index is 224. The van der Waals surface area contributed by atoms with Crippen LogP contribution in [0.4, 0.5) is 0 Å². The molecule has 2 rings (SSSR count). The third kappa shape index (κ3) is 3.18. The van der Waals surface area contributed by atoms with Crippen LogP contribution in [0.3, 0.4) is 0 Å². The third-order valence-electron chi connectivity index (χ3n) is 3.31. The van der Waals surface area contributed by atoms with Crippen LogP contribution in [-0.2, 0) is 4.79 Å². The first-order valence-corrected chi connectivity index (χ1v) is 6.01. The predicted molar refractivity (Wildman–Crippen MR) is 59.6 cm³/mol. The van der Waals surface area contributed by atoms with E-state index in [1.165, 1.54) is 12.8 Å². The highest BCUT2D eigenvalue weighted by atomic mass is 16.2. The number of carbonyl (C=O) groups is 1. The fourth-order valence-corrected chi connectivity index (χ4v) is 1.85. The van der Waals surface area contributed by atoms with Crippen molar-refractivity contribution in [1.82, 2.24) is 15.5 Å². The van der Waals surface area contributed by atoms with Gasteiger partial charge >= 0.3 is 0 Å². The minimum Gasteiger partial charge on any atom is -0.355 e. The molecule has 0 aromatic carbocycles. The zero-order chi connectivity index (χ0) is 10.7. The van der Waals surface area contributed by atoms with E-state index in [4.69, 9.17) is 0 Å². The Morgan fingerprint density at radius 3 is 2.67 bits per heavy atom. The van der Waals surface area contributed by atoms with Crippen LogP contribution in [0.15, 0.2) is 0 Å². The molecule has 0 aromatic rings. The van der Waals surface area contributed by atoms with Crippen molar-refractivity contribution < 1.29 is 4.79 Å². The first kappa shape index (κ1) is 10.9. The average Bonchev–Trinajstić information content (AvgIpc) is 2.94. The monoisotopic (exact) mass is 211 g/mol. The van der Waals surface area contributed by atoms with E-state index >= 15 is 0 Å². The van der Waals surface area contributed by atoms with Gasteiger partial charge in [0, 0.05) is 25.7 Å². The fraction of sp³-hybridized carbons (Fsp3) is 0.909. The van der Waals surface area contributed by atoms with Crippen LogP contribution < -0.4 is 10.6 Å². The number of carbonyl (C=O) groups excluding carboxylic acids is 1. The third-order valence-corrected chi connectivity index (χ3v) is 3.31. The molecule has 15 heavy (non-hydrogen) atoms. The Morgan fingerprint density at radius 2 is 2.20 bits per heavy atom. The molecule has 0 radical (unpaired) electrons. The van der Waals surface area contributed by atoms with Crippen LogP contribution in [0.5, 0.6) is 0 Å². The number of rotatable bonds is 6. The van der Waals surface area contributed by atoms with Crippen molar-refractivity contribution in [3.05, 3.63) is 0 Å². The molecule has 4 nitrogen and oxygen atoms in total. The topological polar surface area (TPSA) is 44.4 Å². The molecular formula is C11H21N3O. The lowest BCUT2D eigenvalue weighted by Crippen LogP contribution is -2.58. The van der Waals surface area contributed by atoms with E-state index < -0.39 is 0 Å². The van der Waals surface area contributed by atoms with E-state index in [-0.39, 0.29) is 5.91 Å². The average molecular weight is 211 g/mol. The number of likely N-dealkylation sites (N-methyl/N-ethyl adjacent to an activating group) is 1. The summed E-state index contributed by atoms with van der Waals surface area (Å²) in [6.45, 7) is 6.60. The molecule has 0 aromatic heterocycles. The van der Waals surface area contributed by atoms with Gasteiger partial charge < -0.3 is 10.6 Å². The number of hydrogen-bond acceptors (Lipinski definition) is 3. The van der Waals surface area contributed by atoms with Crippen molar-refractivity contribution in [2.24, 2.45) is 5.92 Å². The highest BCUT2D eigenvalue weighted by molar-refractivity contribution is 5.78. The largest absolute Gasteiger partial charge is 0.355 e. The molecule has 86 valence electrons. The Hall–Kier alpha value is -0.610. The fourth-order valence-electron chi connectivity index (χ4n) is 1.85. The number of nitrogens with one attached hydrogen (secondary N) is 2. The van der Waals surface area contributed by atoms with Gasteiger partial charge in [-0.1, -0.05) is 6.92 Å². The second-order valence-electron chi connectivity index (χ2n) is 4.62. The number of amides is 1. The quantitative estimate of drug-likeness (QED) is 0.640. The molecule has 0 unspecified atom stereocenters. The summed E-state index contributed by atoms with van der Waals surface area (Å²) in [5.74, 6) is 0.963. The summed E-state index contributed by atoms with van der Waals surface area (Å²) in [6, 6.07) is 0.571. The van der Waals surface area contributed by atoms with Crippen molar-refractivity contribution >= 4 is 5.91 Å². The zero-order valence-electron chi connectivity index (χ0n) is 9.46. The van der Waals surface area contributed by atoms with E-state index in [1.807, 2.05) is 0 Å². The molecule has 1 aliphatic heterocycles.